The van der Waals surface area contributed by atoms with Crippen molar-refractivity contribution in [2.24, 2.45) is 0 Å². The van der Waals surface area contributed by atoms with Gasteiger partial charge < -0.3 is 4.74 Å². The molecule has 0 radical (unpaired) electrons. The summed E-state index contributed by atoms with van der Waals surface area (Å²) in [6.45, 7) is 0.594. The van der Waals surface area contributed by atoms with Crippen LogP contribution < -0.4 is 4.74 Å². The van der Waals surface area contributed by atoms with Crippen molar-refractivity contribution in [2.75, 3.05) is 6.61 Å². The summed E-state index contributed by atoms with van der Waals surface area (Å²) in [5.41, 5.74) is 2.13. The van der Waals surface area contributed by atoms with Crippen LogP contribution in [0, 0.1) is 22.7 Å². The van der Waals surface area contributed by atoms with Gasteiger partial charge in [-0.15, -0.1) is 0 Å². The highest BCUT2D eigenvalue weighted by Crippen LogP contribution is 2.19. The predicted octanol–water partition coefficient (Wildman–Crippen LogP) is 3.48. The Balaban J connectivity index is 1.92. The van der Waals surface area contributed by atoms with Crippen molar-refractivity contribution in [1.82, 2.24) is 0 Å². The van der Waals surface area contributed by atoms with Gasteiger partial charge in [0.05, 0.1) is 17.7 Å². The molecular weight excluding hydrogens is 236 g/mol. The van der Waals surface area contributed by atoms with Crippen LogP contribution >= 0.6 is 0 Å². The summed E-state index contributed by atoms with van der Waals surface area (Å²) in [6, 6.07) is 8.96. The lowest BCUT2D eigenvalue weighted by Gasteiger charge is -2.10. The molecule has 0 heterocycles. The molecule has 1 aliphatic rings. The molecule has 94 valence electrons. The lowest BCUT2D eigenvalue weighted by molar-refractivity contribution is 0.320. The molecule has 0 saturated heterocycles. The van der Waals surface area contributed by atoms with E-state index in [1.807, 2.05) is 12.1 Å². The Labute approximate surface area is 113 Å². The van der Waals surface area contributed by atoms with Gasteiger partial charge in [0.25, 0.3) is 0 Å². The number of nitriles is 2. The Hall–Kier alpha value is -2.52. The molecule has 0 spiro atoms. The van der Waals surface area contributed by atoms with Crippen LogP contribution in [0.3, 0.4) is 0 Å². The Morgan fingerprint density at radius 3 is 2.63 bits per heavy atom. The van der Waals surface area contributed by atoms with E-state index in [1.165, 1.54) is 5.57 Å². The second-order valence-electron chi connectivity index (χ2n) is 4.30. The minimum atomic E-state index is 0.361. The van der Waals surface area contributed by atoms with Gasteiger partial charge in [-0.2, -0.15) is 10.5 Å². The van der Waals surface area contributed by atoms with Gasteiger partial charge in [-0.3, -0.25) is 0 Å². The van der Waals surface area contributed by atoms with E-state index in [-0.39, 0.29) is 0 Å². The van der Waals surface area contributed by atoms with Gasteiger partial charge in [0.2, 0.25) is 0 Å². The average Bonchev–Trinajstić information content (AvgIpc) is 2.48. The zero-order valence-electron chi connectivity index (χ0n) is 10.6. The zero-order chi connectivity index (χ0) is 13.5. The van der Waals surface area contributed by atoms with E-state index in [2.05, 4.69) is 18.2 Å². The van der Waals surface area contributed by atoms with Gasteiger partial charge in [-0.05, 0) is 31.0 Å². The number of allylic oxidation sites excluding steroid dienone is 3. The number of hydrogen-bond donors (Lipinski definition) is 0. The maximum Gasteiger partial charge on any atom is 0.120 e. The monoisotopic (exact) mass is 250 g/mol. The van der Waals surface area contributed by atoms with Gasteiger partial charge >= 0.3 is 0 Å². The fraction of sp³-hybridized carbons (Fsp3) is 0.250. The van der Waals surface area contributed by atoms with E-state index in [0.717, 1.165) is 19.3 Å². The van der Waals surface area contributed by atoms with Crippen LogP contribution in [-0.2, 0) is 0 Å². The first-order valence-corrected chi connectivity index (χ1v) is 6.23. The highest BCUT2D eigenvalue weighted by atomic mass is 16.5. The largest absolute Gasteiger partial charge is 0.493 e. The second kappa shape index (κ2) is 6.42. The fourth-order valence-corrected chi connectivity index (χ4v) is 1.96. The third-order valence-corrected chi connectivity index (χ3v) is 3.01. The maximum absolute atomic E-state index is 8.93. The summed E-state index contributed by atoms with van der Waals surface area (Å²) in [7, 11) is 0. The molecule has 0 fully saturated rings. The third kappa shape index (κ3) is 3.47. The number of hydrogen-bond acceptors (Lipinski definition) is 3. The van der Waals surface area contributed by atoms with Crippen molar-refractivity contribution < 1.29 is 4.74 Å². The Morgan fingerprint density at radius 2 is 1.95 bits per heavy atom. The molecule has 3 nitrogen and oxygen atoms in total. The van der Waals surface area contributed by atoms with Crippen molar-refractivity contribution in [3.63, 3.8) is 0 Å². The van der Waals surface area contributed by atoms with E-state index >= 15 is 0 Å². The molecule has 1 aromatic rings. The van der Waals surface area contributed by atoms with Crippen LogP contribution in [0.2, 0.25) is 0 Å². The maximum atomic E-state index is 8.93. The van der Waals surface area contributed by atoms with Gasteiger partial charge in [0.15, 0.2) is 0 Å². The van der Waals surface area contributed by atoms with Crippen molar-refractivity contribution in [3.8, 4) is 17.9 Å². The highest BCUT2D eigenvalue weighted by Gasteiger charge is 2.04. The minimum absolute atomic E-state index is 0.361. The molecule has 1 aliphatic carbocycles. The number of rotatable bonds is 4. The molecule has 0 atom stereocenters. The molecule has 0 N–H and O–H groups in total. The minimum Gasteiger partial charge on any atom is -0.493 e. The van der Waals surface area contributed by atoms with Crippen molar-refractivity contribution in [2.45, 2.75) is 19.3 Å². The normalized spacial score (nSPS) is 13.3. The number of nitrogens with zero attached hydrogens (tertiary/aromatic N) is 2. The van der Waals surface area contributed by atoms with E-state index in [1.54, 1.807) is 18.2 Å². The molecule has 0 saturated carbocycles. The highest BCUT2D eigenvalue weighted by molar-refractivity contribution is 5.49. The van der Waals surface area contributed by atoms with Gasteiger partial charge in [0.1, 0.15) is 17.9 Å². The van der Waals surface area contributed by atoms with Crippen LogP contribution in [0.15, 0.2) is 42.0 Å². The molecule has 3 heteroatoms. The summed E-state index contributed by atoms with van der Waals surface area (Å²) in [6.07, 6.45) is 9.45. The molecule has 0 bridgehead atoms. The molecule has 1 aromatic carbocycles. The van der Waals surface area contributed by atoms with E-state index in [0.29, 0.717) is 23.5 Å². The molecule has 0 aliphatic heterocycles. The molecule has 19 heavy (non-hydrogen) atoms. The Bertz CT molecular complexity index is 600. The van der Waals surface area contributed by atoms with E-state index in [9.17, 15) is 0 Å². The Kier molecular flexibility index (Phi) is 4.37. The SMILES string of the molecule is N#Cc1ccc(OCCC2=CCC=CC2)cc1C#N. The first kappa shape index (κ1) is 12.9. The average molecular weight is 250 g/mol. The van der Waals surface area contributed by atoms with Gasteiger partial charge in [-0.1, -0.05) is 23.8 Å². The topological polar surface area (TPSA) is 56.8 Å². The summed E-state index contributed by atoms with van der Waals surface area (Å²) < 4.78 is 5.63. The fourth-order valence-electron chi connectivity index (χ4n) is 1.96. The zero-order valence-corrected chi connectivity index (χ0v) is 10.6. The second-order valence-corrected chi connectivity index (χ2v) is 4.30. The summed E-state index contributed by atoms with van der Waals surface area (Å²) in [5, 5.41) is 17.8. The molecule has 0 amide bonds. The Morgan fingerprint density at radius 1 is 1.11 bits per heavy atom. The molecule has 0 unspecified atom stereocenters. The van der Waals surface area contributed by atoms with E-state index < -0.39 is 0 Å². The van der Waals surface area contributed by atoms with Crippen LogP contribution in [-0.4, -0.2) is 6.61 Å². The first-order valence-electron chi connectivity index (χ1n) is 6.23. The smallest absolute Gasteiger partial charge is 0.120 e. The van der Waals surface area contributed by atoms with Crippen molar-refractivity contribution in [1.29, 1.82) is 10.5 Å². The van der Waals surface area contributed by atoms with Crippen LogP contribution in [0.5, 0.6) is 5.75 Å². The first-order chi connectivity index (χ1) is 9.33. The van der Waals surface area contributed by atoms with E-state index in [4.69, 9.17) is 15.3 Å². The standard InChI is InChI=1S/C16H14N2O/c17-11-14-6-7-16(10-15(14)12-18)19-9-8-13-4-2-1-3-5-13/h1-2,5-7,10H,3-4,8-9H2. The quantitative estimate of drug-likeness (QED) is 0.769. The third-order valence-electron chi connectivity index (χ3n) is 3.01. The lowest BCUT2D eigenvalue weighted by atomic mass is 10.0. The van der Waals surface area contributed by atoms with Crippen molar-refractivity contribution in [3.05, 3.63) is 53.1 Å². The lowest BCUT2D eigenvalue weighted by Crippen LogP contribution is -2.00. The van der Waals surface area contributed by atoms with Crippen LogP contribution in [0.4, 0.5) is 0 Å². The van der Waals surface area contributed by atoms with Crippen LogP contribution in [0.25, 0.3) is 0 Å². The van der Waals surface area contributed by atoms with Crippen LogP contribution in [0.1, 0.15) is 30.4 Å². The molecule has 2 rings (SSSR count). The van der Waals surface area contributed by atoms with Gasteiger partial charge in [-0.25, -0.2) is 0 Å². The molecular formula is C16H14N2O. The summed E-state index contributed by atoms with van der Waals surface area (Å²) in [4.78, 5) is 0. The molecule has 0 aromatic heterocycles. The predicted molar refractivity (Wildman–Crippen MR) is 72.4 cm³/mol. The summed E-state index contributed by atoms with van der Waals surface area (Å²) in [5.74, 6) is 0.641. The number of benzene rings is 1. The summed E-state index contributed by atoms with van der Waals surface area (Å²) >= 11 is 0. The number of ether oxygens (including phenoxy) is 1. The van der Waals surface area contributed by atoms with Crippen molar-refractivity contribution >= 4 is 0 Å². The van der Waals surface area contributed by atoms with Gasteiger partial charge in [0, 0.05) is 6.42 Å².